The lowest BCUT2D eigenvalue weighted by atomic mass is 10.2. The van der Waals surface area contributed by atoms with E-state index in [-0.39, 0.29) is 11.7 Å². The zero-order chi connectivity index (χ0) is 16.8. The molecule has 3 rings (SSSR count). The number of nitrogens with zero attached hydrogens (tertiary/aromatic N) is 2. The minimum absolute atomic E-state index is 0.190. The lowest BCUT2D eigenvalue weighted by Crippen LogP contribution is -2.35. The van der Waals surface area contributed by atoms with Crippen molar-refractivity contribution < 1.29 is 13.6 Å². The maximum atomic E-state index is 13.0. The summed E-state index contributed by atoms with van der Waals surface area (Å²) in [4.78, 5) is 16.7. The number of rotatable bonds is 5. The number of benzene rings is 1. The quantitative estimate of drug-likeness (QED) is 0.845. The van der Waals surface area contributed by atoms with E-state index in [1.165, 1.54) is 12.1 Å². The van der Waals surface area contributed by atoms with Crippen molar-refractivity contribution in [3.05, 3.63) is 59.8 Å². The van der Waals surface area contributed by atoms with E-state index in [1.807, 2.05) is 29.2 Å². The maximum absolute atomic E-state index is 13.0. The van der Waals surface area contributed by atoms with Gasteiger partial charge in [-0.25, -0.2) is 4.39 Å². The predicted molar refractivity (Wildman–Crippen MR) is 89.9 cm³/mol. The summed E-state index contributed by atoms with van der Waals surface area (Å²) in [6.45, 7) is 4.16. The van der Waals surface area contributed by atoms with E-state index in [0.29, 0.717) is 12.8 Å². The van der Waals surface area contributed by atoms with Crippen molar-refractivity contribution in [2.75, 3.05) is 26.2 Å². The molecule has 1 fully saturated rings. The fourth-order valence-electron chi connectivity index (χ4n) is 3.07. The number of hydrogen-bond acceptors (Lipinski definition) is 3. The van der Waals surface area contributed by atoms with Crippen molar-refractivity contribution >= 4 is 5.91 Å². The molecule has 0 bridgehead atoms. The van der Waals surface area contributed by atoms with Crippen molar-refractivity contribution in [3.8, 4) is 0 Å². The van der Waals surface area contributed by atoms with Gasteiger partial charge in [-0.05, 0) is 36.2 Å². The largest absolute Gasteiger partial charge is 0.469 e. The van der Waals surface area contributed by atoms with E-state index in [2.05, 4.69) is 4.90 Å². The van der Waals surface area contributed by atoms with Crippen LogP contribution in [-0.2, 0) is 17.8 Å². The molecular formula is C19H23FN2O2. The van der Waals surface area contributed by atoms with Crippen LogP contribution in [0.2, 0.25) is 0 Å². The van der Waals surface area contributed by atoms with Gasteiger partial charge in [0.05, 0.1) is 6.26 Å². The van der Waals surface area contributed by atoms with E-state index < -0.39 is 0 Å². The van der Waals surface area contributed by atoms with Crippen LogP contribution in [0.25, 0.3) is 0 Å². The second kappa shape index (κ2) is 8.11. The van der Waals surface area contributed by atoms with Gasteiger partial charge in [0.25, 0.3) is 0 Å². The first-order valence-corrected chi connectivity index (χ1v) is 8.48. The van der Waals surface area contributed by atoms with E-state index in [4.69, 9.17) is 4.42 Å². The summed E-state index contributed by atoms with van der Waals surface area (Å²) in [5, 5.41) is 0. The standard InChI is InChI=1S/C19H23FN2O2/c20-17-6-4-16(5-7-17)15-21-10-2-11-22(13-12-21)19(23)9-8-18-3-1-14-24-18/h1,3-7,14H,2,8-13,15H2. The third kappa shape index (κ3) is 4.68. The summed E-state index contributed by atoms with van der Waals surface area (Å²) in [7, 11) is 0. The van der Waals surface area contributed by atoms with Gasteiger partial charge < -0.3 is 9.32 Å². The van der Waals surface area contributed by atoms with E-state index >= 15 is 0 Å². The number of carbonyl (C=O) groups is 1. The minimum Gasteiger partial charge on any atom is -0.469 e. The number of hydrogen-bond donors (Lipinski definition) is 0. The Labute approximate surface area is 141 Å². The van der Waals surface area contributed by atoms with Crippen LogP contribution in [0.4, 0.5) is 4.39 Å². The second-order valence-electron chi connectivity index (χ2n) is 6.22. The van der Waals surface area contributed by atoms with Crippen LogP contribution < -0.4 is 0 Å². The summed E-state index contributed by atoms with van der Waals surface area (Å²) in [6, 6.07) is 10.4. The average Bonchev–Trinajstić information content (AvgIpc) is 3.00. The number of carbonyl (C=O) groups excluding carboxylic acids is 1. The third-order valence-corrected chi connectivity index (χ3v) is 4.43. The van der Waals surface area contributed by atoms with Crippen molar-refractivity contribution in [2.24, 2.45) is 0 Å². The first-order valence-electron chi connectivity index (χ1n) is 8.48. The number of halogens is 1. The van der Waals surface area contributed by atoms with Crippen LogP contribution in [0.3, 0.4) is 0 Å². The zero-order valence-corrected chi connectivity index (χ0v) is 13.8. The second-order valence-corrected chi connectivity index (χ2v) is 6.22. The minimum atomic E-state index is -0.206. The molecule has 1 amide bonds. The van der Waals surface area contributed by atoms with Gasteiger partial charge >= 0.3 is 0 Å². The Balaban J connectivity index is 1.47. The van der Waals surface area contributed by atoms with Gasteiger partial charge in [0, 0.05) is 45.6 Å². The first kappa shape index (κ1) is 16.7. The fraction of sp³-hybridized carbons (Fsp3) is 0.421. The van der Waals surface area contributed by atoms with Crippen molar-refractivity contribution in [1.29, 1.82) is 0 Å². The summed E-state index contributed by atoms with van der Waals surface area (Å²) < 4.78 is 18.3. The van der Waals surface area contributed by atoms with Crippen molar-refractivity contribution in [2.45, 2.75) is 25.8 Å². The summed E-state index contributed by atoms with van der Waals surface area (Å²) >= 11 is 0. The molecule has 1 aliphatic rings. The topological polar surface area (TPSA) is 36.7 Å². The Morgan fingerprint density at radius 3 is 2.67 bits per heavy atom. The Kier molecular flexibility index (Phi) is 5.64. The van der Waals surface area contributed by atoms with Gasteiger partial charge in [-0.3, -0.25) is 9.69 Å². The van der Waals surface area contributed by atoms with E-state index in [0.717, 1.165) is 50.5 Å². The van der Waals surface area contributed by atoms with E-state index in [1.54, 1.807) is 6.26 Å². The third-order valence-electron chi connectivity index (χ3n) is 4.43. The van der Waals surface area contributed by atoms with Crippen LogP contribution in [-0.4, -0.2) is 41.9 Å². The molecule has 0 N–H and O–H groups in total. The summed E-state index contributed by atoms with van der Waals surface area (Å²) in [6.07, 6.45) is 3.75. The van der Waals surface area contributed by atoms with Crippen LogP contribution >= 0.6 is 0 Å². The number of amides is 1. The predicted octanol–water partition coefficient (Wildman–Crippen LogP) is 3.09. The molecule has 4 nitrogen and oxygen atoms in total. The Morgan fingerprint density at radius 2 is 1.92 bits per heavy atom. The smallest absolute Gasteiger partial charge is 0.223 e. The van der Waals surface area contributed by atoms with E-state index in [9.17, 15) is 9.18 Å². The van der Waals surface area contributed by atoms with Crippen LogP contribution in [0.15, 0.2) is 47.1 Å². The molecule has 1 aromatic carbocycles. The molecule has 2 aromatic rings. The Morgan fingerprint density at radius 1 is 1.08 bits per heavy atom. The SMILES string of the molecule is O=C(CCc1ccco1)N1CCCN(Cc2ccc(F)cc2)CC1. The molecule has 0 unspecified atom stereocenters. The molecule has 2 heterocycles. The van der Waals surface area contributed by atoms with Crippen molar-refractivity contribution in [1.82, 2.24) is 9.80 Å². The molecule has 1 aromatic heterocycles. The first-order chi connectivity index (χ1) is 11.7. The molecule has 24 heavy (non-hydrogen) atoms. The molecule has 1 aliphatic heterocycles. The van der Waals surface area contributed by atoms with Crippen LogP contribution in [0.1, 0.15) is 24.2 Å². The van der Waals surface area contributed by atoms with Gasteiger partial charge in [-0.1, -0.05) is 12.1 Å². The van der Waals surface area contributed by atoms with Gasteiger partial charge in [0.1, 0.15) is 11.6 Å². The number of aryl methyl sites for hydroxylation is 1. The number of furan rings is 1. The highest BCUT2D eigenvalue weighted by atomic mass is 19.1. The molecule has 0 atom stereocenters. The molecule has 1 saturated heterocycles. The summed E-state index contributed by atoms with van der Waals surface area (Å²) in [5.41, 5.74) is 1.11. The molecular weight excluding hydrogens is 307 g/mol. The Hall–Kier alpha value is -2.14. The van der Waals surface area contributed by atoms with Gasteiger partial charge in [-0.2, -0.15) is 0 Å². The van der Waals surface area contributed by atoms with Crippen LogP contribution in [0.5, 0.6) is 0 Å². The zero-order valence-electron chi connectivity index (χ0n) is 13.8. The van der Waals surface area contributed by atoms with Crippen LogP contribution in [0, 0.1) is 5.82 Å². The highest BCUT2D eigenvalue weighted by molar-refractivity contribution is 5.76. The Bertz CT molecular complexity index is 640. The highest BCUT2D eigenvalue weighted by Crippen LogP contribution is 2.12. The van der Waals surface area contributed by atoms with Gasteiger partial charge in [-0.15, -0.1) is 0 Å². The lowest BCUT2D eigenvalue weighted by Gasteiger charge is -2.22. The monoisotopic (exact) mass is 330 g/mol. The van der Waals surface area contributed by atoms with Gasteiger partial charge in [0.15, 0.2) is 0 Å². The van der Waals surface area contributed by atoms with Crippen molar-refractivity contribution in [3.63, 3.8) is 0 Å². The molecule has 0 aliphatic carbocycles. The molecule has 0 spiro atoms. The molecule has 0 radical (unpaired) electrons. The molecule has 5 heteroatoms. The molecule has 0 saturated carbocycles. The highest BCUT2D eigenvalue weighted by Gasteiger charge is 2.19. The average molecular weight is 330 g/mol. The fourth-order valence-corrected chi connectivity index (χ4v) is 3.07. The lowest BCUT2D eigenvalue weighted by molar-refractivity contribution is -0.131. The maximum Gasteiger partial charge on any atom is 0.223 e. The summed E-state index contributed by atoms with van der Waals surface area (Å²) in [5.74, 6) is 0.842. The molecule has 128 valence electrons. The van der Waals surface area contributed by atoms with Gasteiger partial charge in [0.2, 0.25) is 5.91 Å². The normalized spacial score (nSPS) is 16.1.